The lowest BCUT2D eigenvalue weighted by Crippen LogP contribution is -2.00. The minimum Gasteiger partial charge on any atom is -0.478 e. The highest BCUT2D eigenvalue weighted by Gasteiger charge is 2.16. The summed E-state index contributed by atoms with van der Waals surface area (Å²) in [6, 6.07) is 9.44. The molecule has 0 bridgehead atoms. The second-order valence-electron chi connectivity index (χ2n) is 4.77. The Bertz CT molecular complexity index is 956. The Hall–Kier alpha value is -1.52. The van der Waals surface area contributed by atoms with Gasteiger partial charge in [0, 0.05) is 16.0 Å². The Morgan fingerprint density at radius 1 is 0.913 bits per heavy atom. The summed E-state index contributed by atoms with van der Waals surface area (Å²) in [5.74, 6) is -1.10. The summed E-state index contributed by atoms with van der Waals surface area (Å²) in [4.78, 5) is 16.0. The van der Waals surface area contributed by atoms with Gasteiger partial charge in [-0.3, -0.25) is 0 Å². The largest absolute Gasteiger partial charge is 0.478 e. The summed E-state index contributed by atoms with van der Waals surface area (Å²) >= 11 is 24.0. The number of carboxylic acid groups (broad SMARTS) is 1. The van der Waals surface area contributed by atoms with Crippen molar-refractivity contribution < 1.29 is 9.90 Å². The first-order valence-corrected chi connectivity index (χ1v) is 7.86. The maximum absolute atomic E-state index is 11.6. The average molecular weight is 387 g/mol. The Morgan fingerprint density at radius 2 is 1.65 bits per heavy atom. The van der Waals surface area contributed by atoms with Crippen LogP contribution in [-0.4, -0.2) is 16.1 Å². The minimum absolute atomic E-state index is 0.0560. The van der Waals surface area contributed by atoms with Gasteiger partial charge in [-0.2, -0.15) is 0 Å². The van der Waals surface area contributed by atoms with Gasteiger partial charge in [-0.25, -0.2) is 9.78 Å². The number of rotatable bonds is 2. The molecule has 1 heterocycles. The van der Waals surface area contributed by atoms with Gasteiger partial charge >= 0.3 is 5.97 Å². The van der Waals surface area contributed by atoms with Crippen molar-refractivity contribution in [3.05, 3.63) is 62.1 Å². The fraction of sp³-hybridized carbons (Fsp3) is 0. The molecule has 116 valence electrons. The van der Waals surface area contributed by atoms with Crippen LogP contribution in [0.2, 0.25) is 20.1 Å². The minimum atomic E-state index is -1.10. The lowest BCUT2D eigenvalue weighted by Gasteiger charge is -2.09. The van der Waals surface area contributed by atoms with E-state index < -0.39 is 5.97 Å². The van der Waals surface area contributed by atoms with E-state index >= 15 is 0 Å². The zero-order chi connectivity index (χ0) is 16.7. The number of carboxylic acids is 1. The van der Waals surface area contributed by atoms with E-state index in [2.05, 4.69) is 4.98 Å². The van der Waals surface area contributed by atoms with E-state index in [0.29, 0.717) is 37.2 Å². The third-order valence-corrected chi connectivity index (χ3v) is 4.52. The monoisotopic (exact) mass is 385 g/mol. The van der Waals surface area contributed by atoms with E-state index in [-0.39, 0.29) is 10.6 Å². The first-order valence-electron chi connectivity index (χ1n) is 6.35. The van der Waals surface area contributed by atoms with Gasteiger partial charge in [0.15, 0.2) is 0 Å². The molecule has 2 aromatic carbocycles. The predicted octanol–water partition coefficient (Wildman–Crippen LogP) is 6.21. The first-order chi connectivity index (χ1) is 10.9. The number of halogens is 4. The van der Waals surface area contributed by atoms with Crippen LogP contribution >= 0.6 is 46.4 Å². The summed E-state index contributed by atoms with van der Waals surface area (Å²) in [7, 11) is 0. The molecule has 0 aliphatic heterocycles. The lowest BCUT2D eigenvalue weighted by molar-refractivity contribution is 0.0699. The smallest absolute Gasteiger partial charge is 0.336 e. The van der Waals surface area contributed by atoms with Gasteiger partial charge in [-0.15, -0.1) is 0 Å². The van der Waals surface area contributed by atoms with Gasteiger partial charge in [0.05, 0.1) is 31.8 Å². The Kier molecular flexibility index (Phi) is 4.39. The summed E-state index contributed by atoms with van der Waals surface area (Å²) in [5, 5.41) is 11.2. The number of hydrogen-bond acceptors (Lipinski definition) is 2. The quantitative estimate of drug-likeness (QED) is 0.569. The molecule has 0 aliphatic carbocycles. The lowest BCUT2D eigenvalue weighted by atomic mass is 10.0. The zero-order valence-electron chi connectivity index (χ0n) is 11.3. The summed E-state index contributed by atoms with van der Waals surface area (Å²) in [6.45, 7) is 0. The highest BCUT2D eigenvalue weighted by molar-refractivity contribution is 6.42. The molecule has 0 saturated heterocycles. The van der Waals surface area contributed by atoms with Crippen molar-refractivity contribution in [2.75, 3.05) is 0 Å². The maximum atomic E-state index is 11.6. The summed E-state index contributed by atoms with van der Waals surface area (Å²) < 4.78 is 0. The molecule has 0 spiro atoms. The van der Waals surface area contributed by atoms with Crippen molar-refractivity contribution in [2.24, 2.45) is 0 Å². The van der Waals surface area contributed by atoms with Gasteiger partial charge < -0.3 is 5.11 Å². The highest BCUT2D eigenvalue weighted by Crippen LogP contribution is 2.33. The van der Waals surface area contributed by atoms with E-state index in [1.54, 1.807) is 18.2 Å². The van der Waals surface area contributed by atoms with Crippen LogP contribution in [0.25, 0.3) is 22.2 Å². The molecule has 3 aromatic rings. The second-order valence-corrected chi connectivity index (χ2v) is 6.43. The molecule has 0 saturated carbocycles. The van der Waals surface area contributed by atoms with E-state index in [0.717, 1.165) is 0 Å². The molecule has 0 amide bonds. The number of aromatic nitrogens is 1. The van der Waals surface area contributed by atoms with Crippen LogP contribution in [0.15, 0.2) is 36.4 Å². The van der Waals surface area contributed by atoms with Gasteiger partial charge in [0.2, 0.25) is 0 Å². The molecule has 0 fully saturated rings. The Morgan fingerprint density at radius 3 is 2.30 bits per heavy atom. The van der Waals surface area contributed by atoms with Crippen LogP contribution in [0.4, 0.5) is 0 Å². The number of hydrogen-bond donors (Lipinski definition) is 1. The predicted molar refractivity (Wildman–Crippen MR) is 94.2 cm³/mol. The normalized spacial score (nSPS) is 11.0. The third kappa shape index (κ3) is 3.10. The fourth-order valence-electron chi connectivity index (χ4n) is 2.23. The highest BCUT2D eigenvalue weighted by atomic mass is 35.5. The molecular formula is C16H7Cl4NO2. The Labute approximate surface area is 151 Å². The van der Waals surface area contributed by atoms with E-state index in [1.807, 2.05) is 0 Å². The summed E-state index contributed by atoms with van der Waals surface area (Å²) in [5.41, 5.74) is 1.48. The molecule has 7 heteroatoms. The zero-order valence-corrected chi connectivity index (χ0v) is 14.3. The van der Waals surface area contributed by atoms with Crippen molar-refractivity contribution in [1.29, 1.82) is 0 Å². The molecule has 0 aliphatic rings. The van der Waals surface area contributed by atoms with Gasteiger partial charge in [0.1, 0.15) is 0 Å². The maximum Gasteiger partial charge on any atom is 0.336 e. The van der Waals surface area contributed by atoms with Crippen molar-refractivity contribution >= 4 is 63.3 Å². The van der Waals surface area contributed by atoms with Crippen molar-refractivity contribution in [2.45, 2.75) is 0 Å². The number of nitrogens with zero attached hydrogens (tertiary/aromatic N) is 1. The molecule has 0 atom stereocenters. The summed E-state index contributed by atoms with van der Waals surface area (Å²) in [6.07, 6.45) is 0. The van der Waals surface area contributed by atoms with Gasteiger partial charge in [-0.05, 0) is 30.3 Å². The number of benzene rings is 2. The van der Waals surface area contributed by atoms with Crippen LogP contribution in [0.1, 0.15) is 10.4 Å². The van der Waals surface area contributed by atoms with E-state index in [1.165, 1.54) is 18.2 Å². The number of carbonyl (C=O) groups is 1. The van der Waals surface area contributed by atoms with Gasteiger partial charge in [-0.1, -0.05) is 52.5 Å². The molecule has 0 radical (unpaired) electrons. The fourth-order valence-corrected chi connectivity index (χ4v) is 3.07. The number of fused-ring (bicyclic) bond motifs is 1. The standard InChI is InChI=1S/C16H7Cl4NO2/c17-8-4-9-10(16(22)23)6-14(21-15(9)13(20)5-8)7-1-2-11(18)12(19)3-7/h1-6H,(H,22,23). The number of pyridine rings is 1. The topological polar surface area (TPSA) is 50.2 Å². The van der Waals surface area contributed by atoms with E-state index in [4.69, 9.17) is 46.4 Å². The van der Waals surface area contributed by atoms with Crippen LogP contribution in [0.3, 0.4) is 0 Å². The third-order valence-electron chi connectivity index (χ3n) is 3.28. The molecule has 1 N–H and O–H groups in total. The average Bonchev–Trinajstić information content (AvgIpc) is 2.49. The number of aromatic carboxylic acids is 1. The molecule has 3 rings (SSSR count). The van der Waals surface area contributed by atoms with Crippen molar-refractivity contribution in [3.8, 4) is 11.3 Å². The van der Waals surface area contributed by atoms with Crippen molar-refractivity contribution in [3.63, 3.8) is 0 Å². The second kappa shape index (κ2) is 6.17. The molecule has 23 heavy (non-hydrogen) atoms. The van der Waals surface area contributed by atoms with Crippen LogP contribution in [-0.2, 0) is 0 Å². The van der Waals surface area contributed by atoms with Crippen LogP contribution in [0.5, 0.6) is 0 Å². The molecule has 1 aromatic heterocycles. The molecule has 3 nitrogen and oxygen atoms in total. The van der Waals surface area contributed by atoms with Crippen LogP contribution < -0.4 is 0 Å². The van der Waals surface area contributed by atoms with Crippen LogP contribution in [0, 0.1) is 0 Å². The van der Waals surface area contributed by atoms with Crippen molar-refractivity contribution in [1.82, 2.24) is 4.98 Å². The Balaban J connectivity index is 2.34. The first kappa shape index (κ1) is 16.3. The van der Waals surface area contributed by atoms with Gasteiger partial charge in [0.25, 0.3) is 0 Å². The molecule has 0 unspecified atom stereocenters. The van der Waals surface area contributed by atoms with E-state index in [9.17, 15) is 9.90 Å². The SMILES string of the molecule is O=C(O)c1cc(-c2ccc(Cl)c(Cl)c2)nc2c(Cl)cc(Cl)cc12. The molecular weight excluding hydrogens is 380 g/mol.